The van der Waals surface area contributed by atoms with Crippen molar-refractivity contribution in [3.63, 3.8) is 0 Å². The van der Waals surface area contributed by atoms with Crippen molar-refractivity contribution in [1.82, 2.24) is 10.3 Å². The minimum Gasteiger partial charge on any atom is -0.371 e. The maximum atomic E-state index is 5.89. The smallest absolute Gasteiger partial charge is 0.122 e. The van der Waals surface area contributed by atoms with E-state index in [1.165, 1.54) is 22.0 Å². The highest BCUT2D eigenvalue weighted by Crippen LogP contribution is 2.30. The van der Waals surface area contributed by atoms with Crippen molar-refractivity contribution in [1.29, 1.82) is 0 Å². The van der Waals surface area contributed by atoms with Gasteiger partial charge in [-0.1, -0.05) is 34.1 Å². The van der Waals surface area contributed by atoms with Crippen LogP contribution < -0.4 is 5.32 Å². The van der Waals surface area contributed by atoms with Gasteiger partial charge in [0, 0.05) is 18.0 Å². The molecule has 0 aliphatic heterocycles. The van der Waals surface area contributed by atoms with Crippen LogP contribution in [-0.2, 0) is 17.7 Å². The van der Waals surface area contributed by atoms with E-state index in [0.29, 0.717) is 5.92 Å². The molecule has 0 spiro atoms. The number of hydrogen-bond donors (Lipinski definition) is 1. The number of hydrogen-bond acceptors (Lipinski definition) is 4. The summed E-state index contributed by atoms with van der Waals surface area (Å²) in [5.74, 6) is 0.640. The van der Waals surface area contributed by atoms with Gasteiger partial charge in [0.05, 0.1) is 5.69 Å². The normalized spacial score (nSPS) is 13.0. The van der Waals surface area contributed by atoms with Crippen molar-refractivity contribution >= 4 is 11.3 Å². The van der Waals surface area contributed by atoms with Crippen LogP contribution in [0.1, 0.15) is 75.6 Å². The molecule has 0 aromatic carbocycles. The van der Waals surface area contributed by atoms with E-state index in [1.54, 1.807) is 0 Å². The summed E-state index contributed by atoms with van der Waals surface area (Å²) in [5.41, 5.74) is 1.27. The second-order valence-corrected chi connectivity index (χ2v) is 7.04. The van der Waals surface area contributed by atoms with Crippen molar-refractivity contribution < 1.29 is 4.74 Å². The van der Waals surface area contributed by atoms with Crippen LogP contribution in [0.15, 0.2) is 0 Å². The second kappa shape index (κ2) is 10.3. The molecule has 1 atom stereocenters. The minimum absolute atomic E-state index is 0.177. The first-order chi connectivity index (χ1) is 10.1. The van der Waals surface area contributed by atoms with Gasteiger partial charge in [0.25, 0.3) is 0 Å². The summed E-state index contributed by atoms with van der Waals surface area (Å²) >= 11 is 1.84. The molecule has 0 amide bonds. The van der Waals surface area contributed by atoms with Crippen LogP contribution in [0.2, 0.25) is 0 Å². The van der Waals surface area contributed by atoms with Crippen molar-refractivity contribution in [3.05, 3.63) is 15.6 Å². The van der Waals surface area contributed by atoms with Crippen molar-refractivity contribution in [2.45, 2.75) is 73.0 Å². The lowest BCUT2D eigenvalue weighted by Crippen LogP contribution is -2.14. The van der Waals surface area contributed by atoms with Gasteiger partial charge in [0.1, 0.15) is 11.1 Å². The quantitative estimate of drug-likeness (QED) is 0.600. The van der Waals surface area contributed by atoms with Gasteiger partial charge in [-0.05, 0) is 38.6 Å². The van der Waals surface area contributed by atoms with E-state index in [1.807, 2.05) is 11.3 Å². The molecular formula is C17H32N2OS. The van der Waals surface area contributed by atoms with Gasteiger partial charge in [-0.3, -0.25) is 0 Å². The van der Waals surface area contributed by atoms with Crippen LogP contribution in [-0.4, -0.2) is 18.1 Å². The van der Waals surface area contributed by atoms with Gasteiger partial charge in [-0.2, -0.15) is 0 Å². The van der Waals surface area contributed by atoms with E-state index in [2.05, 4.69) is 39.9 Å². The molecule has 0 aliphatic rings. The van der Waals surface area contributed by atoms with Gasteiger partial charge in [-0.25, -0.2) is 4.98 Å². The summed E-state index contributed by atoms with van der Waals surface area (Å²) in [6.07, 6.45) is 4.60. The molecule has 1 aromatic rings. The Balaban J connectivity index is 2.87. The molecule has 0 saturated carbocycles. The Morgan fingerprint density at radius 3 is 2.52 bits per heavy atom. The van der Waals surface area contributed by atoms with E-state index in [4.69, 9.17) is 9.72 Å². The maximum Gasteiger partial charge on any atom is 0.122 e. The van der Waals surface area contributed by atoms with Crippen LogP contribution in [0.3, 0.4) is 0 Å². The average Bonchev–Trinajstić information content (AvgIpc) is 2.81. The molecule has 122 valence electrons. The number of aromatic nitrogens is 1. The lowest BCUT2D eigenvalue weighted by Gasteiger charge is -2.12. The Labute approximate surface area is 134 Å². The fraction of sp³-hybridized carbons (Fsp3) is 0.824. The highest BCUT2D eigenvalue weighted by Gasteiger charge is 2.19. The van der Waals surface area contributed by atoms with Crippen LogP contribution in [0.25, 0.3) is 0 Å². The highest BCUT2D eigenvalue weighted by molar-refractivity contribution is 7.11. The Hall–Kier alpha value is -0.450. The topological polar surface area (TPSA) is 34.1 Å². The summed E-state index contributed by atoms with van der Waals surface area (Å²) in [6, 6.07) is 0. The Morgan fingerprint density at radius 1 is 1.19 bits per heavy atom. The number of nitrogens with one attached hydrogen (secondary N) is 1. The van der Waals surface area contributed by atoms with E-state index in [-0.39, 0.29) is 6.10 Å². The SMILES string of the molecule is CCCNCc1sc(C(CCC)OCC)nc1CC(C)C. The zero-order valence-corrected chi connectivity index (χ0v) is 15.2. The van der Waals surface area contributed by atoms with Gasteiger partial charge < -0.3 is 10.1 Å². The standard InChI is InChI=1S/C17H32N2OS/c1-6-9-15(20-8-3)17-19-14(11-13(4)5)16(21-17)12-18-10-7-2/h13,15,18H,6-12H2,1-5H3. The van der Waals surface area contributed by atoms with Gasteiger partial charge in [0.2, 0.25) is 0 Å². The van der Waals surface area contributed by atoms with Crippen molar-refractivity contribution in [3.8, 4) is 0 Å². The second-order valence-electron chi connectivity index (χ2n) is 5.93. The van der Waals surface area contributed by atoms with Crippen LogP contribution >= 0.6 is 11.3 Å². The molecule has 0 aliphatic carbocycles. The molecule has 1 N–H and O–H groups in total. The lowest BCUT2D eigenvalue weighted by atomic mass is 10.1. The van der Waals surface area contributed by atoms with E-state index >= 15 is 0 Å². The number of nitrogens with zero attached hydrogens (tertiary/aromatic N) is 1. The first-order valence-electron chi connectivity index (χ1n) is 8.43. The van der Waals surface area contributed by atoms with E-state index in [0.717, 1.165) is 39.0 Å². The fourth-order valence-electron chi connectivity index (χ4n) is 2.35. The third kappa shape index (κ3) is 6.45. The number of rotatable bonds is 11. The largest absolute Gasteiger partial charge is 0.371 e. The van der Waals surface area contributed by atoms with Gasteiger partial charge in [0.15, 0.2) is 0 Å². The third-order valence-electron chi connectivity index (χ3n) is 3.30. The molecule has 4 heteroatoms. The first kappa shape index (κ1) is 18.6. The number of ether oxygens (including phenoxy) is 1. The van der Waals surface area contributed by atoms with Crippen LogP contribution in [0.5, 0.6) is 0 Å². The predicted molar refractivity (Wildman–Crippen MR) is 91.9 cm³/mol. The van der Waals surface area contributed by atoms with Gasteiger partial charge >= 0.3 is 0 Å². The molecule has 1 aromatic heterocycles. The predicted octanol–water partition coefficient (Wildman–Crippen LogP) is 4.72. The molecule has 3 nitrogen and oxygen atoms in total. The molecule has 1 unspecified atom stereocenters. The van der Waals surface area contributed by atoms with Crippen molar-refractivity contribution in [2.24, 2.45) is 5.92 Å². The molecule has 0 bridgehead atoms. The summed E-state index contributed by atoms with van der Waals surface area (Å²) in [5, 5.41) is 4.68. The number of thiazole rings is 1. The molecule has 1 heterocycles. The third-order valence-corrected chi connectivity index (χ3v) is 4.49. The van der Waals surface area contributed by atoms with Gasteiger partial charge in [-0.15, -0.1) is 11.3 Å². The molecule has 0 saturated heterocycles. The zero-order chi connectivity index (χ0) is 15.7. The fourth-order valence-corrected chi connectivity index (χ4v) is 3.49. The van der Waals surface area contributed by atoms with Crippen LogP contribution in [0, 0.1) is 5.92 Å². The van der Waals surface area contributed by atoms with Crippen LogP contribution in [0.4, 0.5) is 0 Å². The maximum absolute atomic E-state index is 5.89. The van der Waals surface area contributed by atoms with E-state index < -0.39 is 0 Å². The summed E-state index contributed by atoms with van der Waals surface area (Å²) in [7, 11) is 0. The molecule has 0 radical (unpaired) electrons. The Morgan fingerprint density at radius 2 is 1.95 bits per heavy atom. The van der Waals surface area contributed by atoms with Crippen molar-refractivity contribution in [2.75, 3.05) is 13.2 Å². The first-order valence-corrected chi connectivity index (χ1v) is 9.24. The highest BCUT2D eigenvalue weighted by atomic mass is 32.1. The summed E-state index contributed by atoms with van der Waals surface area (Å²) in [6.45, 7) is 13.8. The molecule has 21 heavy (non-hydrogen) atoms. The summed E-state index contributed by atoms with van der Waals surface area (Å²) < 4.78 is 5.89. The molecule has 1 rings (SSSR count). The molecule has 0 fully saturated rings. The minimum atomic E-state index is 0.177. The zero-order valence-electron chi connectivity index (χ0n) is 14.4. The lowest BCUT2D eigenvalue weighted by molar-refractivity contribution is 0.0554. The van der Waals surface area contributed by atoms with E-state index in [9.17, 15) is 0 Å². The average molecular weight is 313 g/mol. The monoisotopic (exact) mass is 312 g/mol. The molecular weight excluding hydrogens is 280 g/mol. The Bertz CT molecular complexity index is 384. The Kier molecular flexibility index (Phi) is 9.13. The summed E-state index contributed by atoms with van der Waals surface area (Å²) in [4.78, 5) is 6.32.